The number of aryl methyl sites for hydroxylation is 2. The van der Waals surface area contributed by atoms with Crippen molar-refractivity contribution in [1.82, 2.24) is 4.90 Å². The minimum Gasteiger partial charge on any atom is -0.399 e. The van der Waals surface area contributed by atoms with Gasteiger partial charge in [-0.15, -0.1) is 0 Å². The van der Waals surface area contributed by atoms with Crippen molar-refractivity contribution in [3.63, 3.8) is 0 Å². The average Bonchev–Trinajstić information content (AvgIpc) is 2.35. The molecule has 2 N–H and O–H groups in total. The van der Waals surface area contributed by atoms with Gasteiger partial charge in [0.2, 0.25) is 5.91 Å². The summed E-state index contributed by atoms with van der Waals surface area (Å²) in [6, 6.07) is 5.93. The summed E-state index contributed by atoms with van der Waals surface area (Å²) in [5, 5.41) is 0. The highest BCUT2D eigenvalue weighted by atomic mass is 16.2. The second-order valence-corrected chi connectivity index (χ2v) is 4.85. The molecule has 1 rings (SSSR count). The summed E-state index contributed by atoms with van der Waals surface area (Å²) in [7, 11) is 0. The van der Waals surface area contributed by atoms with Gasteiger partial charge >= 0.3 is 0 Å². The van der Waals surface area contributed by atoms with Crippen molar-refractivity contribution in [2.75, 3.05) is 18.8 Å². The summed E-state index contributed by atoms with van der Waals surface area (Å²) in [4.78, 5) is 12.7. The Labute approximate surface area is 117 Å². The molecule has 0 aliphatic heterocycles. The Morgan fingerprint density at radius 2 is 1.63 bits per heavy atom. The standard InChI is InChI=1S/C8H17NO.C8H11N/c1-4-6-9(7-5-2)8(3)10;1-6-3-4-8(9)5-7(6)2/h4-7H2,1-3H3;3-5H,9H2,1-2H3. The SMILES string of the molecule is CCCN(CCC)C(C)=O.Cc1ccc(N)cc1C. The summed E-state index contributed by atoms with van der Waals surface area (Å²) >= 11 is 0. The fourth-order valence-corrected chi connectivity index (χ4v) is 1.73. The van der Waals surface area contributed by atoms with Crippen molar-refractivity contribution < 1.29 is 4.79 Å². The van der Waals surface area contributed by atoms with Crippen LogP contribution in [0.25, 0.3) is 0 Å². The zero-order valence-corrected chi connectivity index (χ0v) is 13.0. The van der Waals surface area contributed by atoms with Gasteiger partial charge in [-0.1, -0.05) is 19.9 Å². The maximum absolute atomic E-state index is 10.8. The molecular weight excluding hydrogens is 236 g/mol. The van der Waals surface area contributed by atoms with Crippen molar-refractivity contribution in [2.24, 2.45) is 0 Å². The number of amides is 1. The molecule has 0 unspecified atom stereocenters. The topological polar surface area (TPSA) is 46.3 Å². The van der Waals surface area contributed by atoms with Crippen LogP contribution in [0.1, 0.15) is 44.7 Å². The zero-order chi connectivity index (χ0) is 14.8. The first-order valence-electron chi connectivity index (χ1n) is 7.00. The molecule has 3 nitrogen and oxygen atoms in total. The number of nitrogens with zero attached hydrogens (tertiary/aromatic N) is 1. The van der Waals surface area contributed by atoms with Crippen molar-refractivity contribution in [3.8, 4) is 0 Å². The third-order valence-corrected chi connectivity index (χ3v) is 2.96. The molecular formula is C16H28N2O. The van der Waals surface area contributed by atoms with Gasteiger partial charge in [0.1, 0.15) is 0 Å². The maximum atomic E-state index is 10.8. The lowest BCUT2D eigenvalue weighted by atomic mass is 10.1. The number of carbonyl (C=O) groups is 1. The first-order valence-corrected chi connectivity index (χ1v) is 7.00. The first-order chi connectivity index (χ1) is 8.92. The minimum atomic E-state index is 0.198. The molecule has 0 spiro atoms. The molecule has 0 aromatic heterocycles. The quantitative estimate of drug-likeness (QED) is 0.845. The smallest absolute Gasteiger partial charge is 0.219 e. The van der Waals surface area contributed by atoms with Gasteiger partial charge in [0, 0.05) is 25.7 Å². The molecule has 0 atom stereocenters. The zero-order valence-electron chi connectivity index (χ0n) is 13.0. The number of hydrogen-bond acceptors (Lipinski definition) is 2. The second kappa shape index (κ2) is 9.42. The molecule has 19 heavy (non-hydrogen) atoms. The van der Waals surface area contributed by atoms with Crippen LogP contribution in [0.2, 0.25) is 0 Å². The van der Waals surface area contributed by atoms with Crippen LogP contribution < -0.4 is 5.73 Å². The number of nitrogens with two attached hydrogens (primary N) is 1. The molecule has 108 valence electrons. The van der Waals surface area contributed by atoms with Gasteiger partial charge in [-0.3, -0.25) is 4.79 Å². The Morgan fingerprint density at radius 3 is 1.95 bits per heavy atom. The number of anilines is 1. The predicted molar refractivity (Wildman–Crippen MR) is 83.2 cm³/mol. The lowest BCUT2D eigenvalue weighted by Gasteiger charge is -2.18. The van der Waals surface area contributed by atoms with Gasteiger partial charge in [0.05, 0.1) is 0 Å². The number of benzene rings is 1. The minimum absolute atomic E-state index is 0.198. The van der Waals surface area contributed by atoms with Crippen molar-refractivity contribution >= 4 is 11.6 Å². The number of nitrogen functional groups attached to an aromatic ring is 1. The largest absolute Gasteiger partial charge is 0.399 e. The number of rotatable bonds is 4. The van der Waals surface area contributed by atoms with Crippen LogP contribution in [0.5, 0.6) is 0 Å². The summed E-state index contributed by atoms with van der Waals surface area (Å²) in [5.74, 6) is 0.198. The van der Waals surface area contributed by atoms with E-state index < -0.39 is 0 Å². The molecule has 0 fully saturated rings. The van der Waals surface area contributed by atoms with E-state index in [1.807, 2.05) is 23.1 Å². The van der Waals surface area contributed by atoms with E-state index in [2.05, 4.69) is 27.7 Å². The van der Waals surface area contributed by atoms with Crippen LogP contribution in [0.4, 0.5) is 5.69 Å². The van der Waals surface area contributed by atoms with E-state index in [-0.39, 0.29) is 5.91 Å². The molecule has 0 heterocycles. The molecule has 0 bridgehead atoms. The summed E-state index contributed by atoms with van der Waals surface area (Å²) in [6.07, 6.45) is 2.11. The van der Waals surface area contributed by atoms with Crippen molar-refractivity contribution in [1.29, 1.82) is 0 Å². The highest BCUT2D eigenvalue weighted by molar-refractivity contribution is 5.73. The molecule has 0 saturated carbocycles. The second-order valence-electron chi connectivity index (χ2n) is 4.85. The van der Waals surface area contributed by atoms with Crippen LogP contribution in [-0.2, 0) is 4.79 Å². The average molecular weight is 264 g/mol. The van der Waals surface area contributed by atoms with E-state index in [0.717, 1.165) is 31.6 Å². The molecule has 0 aliphatic carbocycles. The Kier molecular flexibility index (Phi) is 8.68. The fourth-order valence-electron chi connectivity index (χ4n) is 1.73. The van der Waals surface area contributed by atoms with Crippen LogP contribution in [0.15, 0.2) is 18.2 Å². The van der Waals surface area contributed by atoms with Crippen LogP contribution >= 0.6 is 0 Å². The van der Waals surface area contributed by atoms with Crippen LogP contribution in [0, 0.1) is 13.8 Å². The molecule has 3 heteroatoms. The Bertz CT molecular complexity index is 382. The number of hydrogen-bond donors (Lipinski definition) is 1. The molecule has 0 aliphatic rings. The molecule has 1 aromatic rings. The van der Waals surface area contributed by atoms with Gasteiger partial charge in [-0.05, 0) is 49.9 Å². The third kappa shape index (κ3) is 7.50. The van der Waals surface area contributed by atoms with Crippen molar-refractivity contribution in [3.05, 3.63) is 29.3 Å². The monoisotopic (exact) mass is 264 g/mol. The van der Waals surface area contributed by atoms with Crippen LogP contribution in [-0.4, -0.2) is 23.9 Å². The summed E-state index contributed by atoms with van der Waals surface area (Å²) in [5.41, 5.74) is 8.93. The number of carbonyl (C=O) groups excluding carboxylic acids is 1. The normalized spacial score (nSPS) is 9.53. The fraction of sp³-hybridized carbons (Fsp3) is 0.562. The maximum Gasteiger partial charge on any atom is 0.219 e. The summed E-state index contributed by atoms with van der Waals surface area (Å²) < 4.78 is 0. The van der Waals surface area contributed by atoms with Gasteiger partial charge in [-0.25, -0.2) is 0 Å². The van der Waals surface area contributed by atoms with E-state index in [1.54, 1.807) is 6.92 Å². The molecule has 1 aromatic carbocycles. The Hall–Kier alpha value is -1.51. The van der Waals surface area contributed by atoms with Crippen LogP contribution in [0.3, 0.4) is 0 Å². The van der Waals surface area contributed by atoms with E-state index in [1.165, 1.54) is 11.1 Å². The highest BCUT2D eigenvalue weighted by Gasteiger charge is 2.03. The van der Waals surface area contributed by atoms with Gasteiger partial charge < -0.3 is 10.6 Å². The van der Waals surface area contributed by atoms with Gasteiger partial charge in [0.25, 0.3) is 0 Å². The molecule has 1 amide bonds. The lowest BCUT2D eigenvalue weighted by molar-refractivity contribution is -0.128. The third-order valence-electron chi connectivity index (χ3n) is 2.96. The molecule has 0 saturated heterocycles. The lowest BCUT2D eigenvalue weighted by Crippen LogP contribution is -2.29. The Balaban J connectivity index is 0.000000342. The highest BCUT2D eigenvalue weighted by Crippen LogP contribution is 2.09. The van der Waals surface area contributed by atoms with Crippen molar-refractivity contribution in [2.45, 2.75) is 47.5 Å². The van der Waals surface area contributed by atoms with E-state index >= 15 is 0 Å². The Morgan fingerprint density at radius 1 is 1.11 bits per heavy atom. The summed E-state index contributed by atoms with van der Waals surface area (Å²) in [6.45, 7) is 11.8. The first kappa shape index (κ1) is 17.5. The van der Waals surface area contributed by atoms with E-state index in [4.69, 9.17) is 5.73 Å². The van der Waals surface area contributed by atoms with E-state index in [9.17, 15) is 4.79 Å². The van der Waals surface area contributed by atoms with E-state index in [0.29, 0.717) is 0 Å². The van der Waals surface area contributed by atoms with Gasteiger partial charge in [-0.2, -0.15) is 0 Å². The predicted octanol–water partition coefficient (Wildman–Crippen LogP) is 3.54. The molecule has 0 radical (unpaired) electrons. The van der Waals surface area contributed by atoms with Gasteiger partial charge in [0.15, 0.2) is 0 Å².